The average molecular weight is 421 g/mol. The van der Waals surface area contributed by atoms with Gasteiger partial charge in [0.15, 0.2) is 11.0 Å². The summed E-state index contributed by atoms with van der Waals surface area (Å²) < 4.78 is 7.98. The van der Waals surface area contributed by atoms with Crippen molar-refractivity contribution in [1.29, 1.82) is 0 Å². The molecule has 2 fully saturated rings. The first-order chi connectivity index (χ1) is 13.7. The smallest absolute Gasteiger partial charge is 0.233 e. The lowest BCUT2D eigenvalue weighted by atomic mass is 9.94. The highest BCUT2D eigenvalue weighted by molar-refractivity contribution is 7.99. The number of thiophene rings is 1. The van der Waals surface area contributed by atoms with Gasteiger partial charge in [-0.1, -0.05) is 37.1 Å². The van der Waals surface area contributed by atoms with E-state index in [1.54, 1.807) is 11.3 Å². The fourth-order valence-corrected chi connectivity index (χ4v) is 5.63. The van der Waals surface area contributed by atoms with Crippen molar-refractivity contribution in [1.82, 2.24) is 19.7 Å². The molecule has 4 rings (SSSR count). The van der Waals surface area contributed by atoms with Crippen molar-refractivity contribution >= 4 is 29.0 Å². The van der Waals surface area contributed by atoms with Gasteiger partial charge in [-0.2, -0.15) is 0 Å². The van der Waals surface area contributed by atoms with Crippen LogP contribution >= 0.6 is 23.1 Å². The van der Waals surface area contributed by atoms with E-state index >= 15 is 0 Å². The second-order valence-corrected chi connectivity index (χ2v) is 9.50. The lowest BCUT2D eigenvalue weighted by molar-refractivity contribution is -0.129. The number of hydrogen-bond acceptors (Lipinski definition) is 6. The average Bonchev–Trinajstić information content (AvgIpc) is 3.49. The first-order valence-electron chi connectivity index (χ1n) is 10.2. The molecule has 1 saturated carbocycles. The summed E-state index contributed by atoms with van der Waals surface area (Å²) in [7, 11) is 1.95. The van der Waals surface area contributed by atoms with Crippen LogP contribution in [0.25, 0.3) is 10.7 Å². The van der Waals surface area contributed by atoms with E-state index in [0.29, 0.717) is 11.8 Å². The summed E-state index contributed by atoms with van der Waals surface area (Å²) in [4.78, 5) is 15.8. The third-order valence-electron chi connectivity index (χ3n) is 5.71. The van der Waals surface area contributed by atoms with Crippen molar-refractivity contribution in [3.05, 3.63) is 17.5 Å². The molecule has 152 valence electrons. The van der Waals surface area contributed by atoms with Crippen LogP contribution in [-0.2, 0) is 16.1 Å². The Labute approximate surface area is 174 Å². The van der Waals surface area contributed by atoms with Crippen LogP contribution in [0.2, 0.25) is 0 Å². The summed E-state index contributed by atoms with van der Waals surface area (Å²) in [5, 5.41) is 11.7. The van der Waals surface area contributed by atoms with Gasteiger partial charge in [0.05, 0.1) is 23.3 Å². The Hall–Kier alpha value is -1.38. The largest absolute Gasteiger partial charge is 0.376 e. The normalized spacial score (nSPS) is 20.5. The van der Waals surface area contributed by atoms with Crippen LogP contribution in [-0.4, -0.2) is 57.1 Å². The van der Waals surface area contributed by atoms with Gasteiger partial charge < -0.3 is 9.64 Å². The molecule has 0 spiro atoms. The quantitative estimate of drug-likeness (QED) is 0.632. The molecule has 0 N–H and O–H groups in total. The Bertz CT molecular complexity index is 765. The zero-order valence-corrected chi connectivity index (χ0v) is 18.0. The van der Waals surface area contributed by atoms with Crippen molar-refractivity contribution in [2.24, 2.45) is 0 Å². The topological polar surface area (TPSA) is 60.2 Å². The molecule has 0 radical (unpaired) electrons. The predicted octanol–water partition coefficient (Wildman–Crippen LogP) is 4.07. The number of thioether (sulfide) groups is 1. The summed E-state index contributed by atoms with van der Waals surface area (Å²) in [5.74, 6) is 1.46. The zero-order chi connectivity index (χ0) is 19.3. The summed E-state index contributed by atoms with van der Waals surface area (Å²) in [6, 6.07) is 4.49. The van der Waals surface area contributed by atoms with E-state index < -0.39 is 0 Å². The van der Waals surface area contributed by atoms with Gasteiger partial charge in [0, 0.05) is 19.7 Å². The lowest BCUT2D eigenvalue weighted by Crippen LogP contribution is -2.39. The second kappa shape index (κ2) is 9.41. The molecular formula is C20H28N4O2S2. The van der Waals surface area contributed by atoms with Crippen molar-refractivity contribution in [3.63, 3.8) is 0 Å². The zero-order valence-electron chi connectivity index (χ0n) is 16.4. The monoisotopic (exact) mass is 420 g/mol. The highest BCUT2D eigenvalue weighted by Crippen LogP contribution is 2.29. The second-order valence-electron chi connectivity index (χ2n) is 7.61. The number of carbonyl (C=O) groups is 1. The minimum atomic E-state index is 0.182. The number of ether oxygens (including phenoxy) is 1. The first-order valence-corrected chi connectivity index (χ1v) is 12.1. The molecule has 1 saturated heterocycles. The van der Waals surface area contributed by atoms with Crippen LogP contribution in [0.15, 0.2) is 22.7 Å². The number of carbonyl (C=O) groups excluding carboxylic acids is 1. The SMILES string of the molecule is CN(C(=O)CSc1nnc(-c2cccs2)n1CC1CCCO1)C1CCCCC1. The van der Waals surface area contributed by atoms with Crippen LogP contribution in [0, 0.1) is 0 Å². The number of rotatable bonds is 7. The lowest BCUT2D eigenvalue weighted by Gasteiger charge is -2.31. The van der Waals surface area contributed by atoms with E-state index in [9.17, 15) is 4.79 Å². The van der Waals surface area contributed by atoms with Crippen LogP contribution < -0.4 is 0 Å². The van der Waals surface area contributed by atoms with Crippen molar-refractivity contribution in [2.75, 3.05) is 19.4 Å². The summed E-state index contributed by atoms with van der Waals surface area (Å²) in [5.41, 5.74) is 0. The number of aromatic nitrogens is 3. The Morgan fingerprint density at radius 3 is 2.86 bits per heavy atom. The Kier molecular flexibility index (Phi) is 6.69. The van der Waals surface area contributed by atoms with Gasteiger partial charge in [0.1, 0.15) is 0 Å². The molecule has 6 nitrogen and oxygen atoms in total. The highest BCUT2D eigenvalue weighted by Gasteiger charge is 2.25. The summed E-state index contributed by atoms with van der Waals surface area (Å²) in [6.45, 7) is 1.57. The summed E-state index contributed by atoms with van der Waals surface area (Å²) >= 11 is 3.16. The van der Waals surface area contributed by atoms with Gasteiger partial charge in [-0.05, 0) is 37.1 Å². The molecule has 1 atom stereocenters. The van der Waals surface area contributed by atoms with Crippen LogP contribution in [0.1, 0.15) is 44.9 Å². The highest BCUT2D eigenvalue weighted by atomic mass is 32.2. The standard InChI is InChI=1S/C20H28N4O2S2/c1-23(15-7-3-2-4-8-15)18(25)14-28-20-22-21-19(17-10-6-12-27-17)24(20)13-16-9-5-11-26-16/h6,10,12,15-16H,2-5,7-9,11,13-14H2,1H3. The molecule has 1 aliphatic carbocycles. The molecule has 0 bridgehead atoms. The Morgan fingerprint density at radius 2 is 2.14 bits per heavy atom. The number of hydrogen-bond donors (Lipinski definition) is 0. The third kappa shape index (κ3) is 4.60. The molecule has 2 aliphatic rings. The molecule has 1 aliphatic heterocycles. The van der Waals surface area contributed by atoms with E-state index in [-0.39, 0.29) is 12.0 Å². The van der Waals surface area contributed by atoms with Gasteiger partial charge >= 0.3 is 0 Å². The fourth-order valence-electron chi connectivity index (χ4n) is 4.04. The van der Waals surface area contributed by atoms with Crippen LogP contribution in [0.4, 0.5) is 0 Å². The minimum absolute atomic E-state index is 0.182. The van der Waals surface area contributed by atoms with Crippen LogP contribution in [0.3, 0.4) is 0 Å². The molecular weight excluding hydrogens is 392 g/mol. The van der Waals surface area contributed by atoms with E-state index in [1.807, 2.05) is 18.0 Å². The van der Waals surface area contributed by atoms with Gasteiger partial charge in [-0.15, -0.1) is 21.5 Å². The maximum Gasteiger partial charge on any atom is 0.233 e. The minimum Gasteiger partial charge on any atom is -0.376 e. The van der Waals surface area contributed by atoms with Crippen molar-refractivity contribution in [2.45, 2.75) is 68.8 Å². The van der Waals surface area contributed by atoms with Crippen molar-refractivity contribution in [3.8, 4) is 10.7 Å². The van der Waals surface area contributed by atoms with Gasteiger partial charge in [-0.25, -0.2) is 0 Å². The van der Waals surface area contributed by atoms with Gasteiger partial charge in [0.25, 0.3) is 0 Å². The molecule has 3 heterocycles. The Morgan fingerprint density at radius 1 is 1.29 bits per heavy atom. The number of amides is 1. The van der Waals surface area contributed by atoms with Gasteiger partial charge in [-0.3, -0.25) is 9.36 Å². The molecule has 28 heavy (non-hydrogen) atoms. The van der Waals surface area contributed by atoms with E-state index in [2.05, 4.69) is 26.2 Å². The molecule has 8 heteroatoms. The maximum absolute atomic E-state index is 12.7. The first kappa shape index (κ1) is 19.9. The molecule has 0 aromatic carbocycles. The fraction of sp³-hybridized carbons (Fsp3) is 0.650. The van der Waals surface area contributed by atoms with Crippen LogP contribution in [0.5, 0.6) is 0 Å². The predicted molar refractivity (Wildman–Crippen MR) is 113 cm³/mol. The molecule has 1 amide bonds. The molecule has 2 aromatic heterocycles. The van der Waals surface area contributed by atoms with E-state index in [1.165, 1.54) is 31.0 Å². The maximum atomic E-state index is 12.7. The Balaban J connectivity index is 1.45. The van der Waals surface area contributed by atoms with Gasteiger partial charge in [0.2, 0.25) is 5.91 Å². The number of nitrogens with zero attached hydrogens (tertiary/aromatic N) is 4. The molecule has 1 unspecified atom stereocenters. The molecule has 2 aromatic rings. The van der Waals surface area contributed by atoms with E-state index in [4.69, 9.17) is 4.74 Å². The van der Waals surface area contributed by atoms with Crippen molar-refractivity contribution < 1.29 is 9.53 Å². The third-order valence-corrected chi connectivity index (χ3v) is 7.53. The summed E-state index contributed by atoms with van der Waals surface area (Å²) in [6.07, 6.45) is 8.39. The van der Waals surface area contributed by atoms with E-state index in [0.717, 1.165) is 54.7 Å².